The van der Waals surface area contributed by atoms with Gasteiger partial charge in [0.1, 0.15) is 11.9 Å². The largest absolute Gasteiger partial charge is 0.460 e. The van der Waals surface area contributed by atoms with Crippen molar-refractivity contribution in [3.8, 4) is 11.4 Å². The van der Waals surface area contributed by atoms with Gasteiger partial charge in [-0.3, -0.25) is 9.59 Å². The van der Waals surface area contributed by atoms with E-state index in [-0.39, 0.29) is 23.6 Å². The van der Waals surface area contributed by atoms with Gasteiger partial charge in [-0.2, -0.15) is 0 Å². The highest BCUT2D eigenvalue weighted by Crippen LogP contribution is 2.29. The Bertz CT molecular complexity index is 1280. The first-order chi connectivity index (χ1) is 18.0. The number of hydrogen-bond donors (Lipinski definition) is 1. The lowest BCUT2D eigenvalue weighted by molar-refractivity contribution is -0.154. The number of nitrogens with one attached hydrogen (secondary N) is 1. The first kappa shape index (κ1) is 25.7. The van der Waals surface area contributed by atoms with Gasteiger partial charge in [-0.05, 0) is 68.7 Å². The van der Waals surface area contributed by atoms with Crippen LogP contribution in [0.25, 0.3) is 22.4 Å². The van der Waals surface area contributed by atoms with Crippen LogP contribution < -0.4 is 5.56 Å². The van der Waals surface area contributed by atoms with Gasteiger partial charge in [0.2, 0.25) is 0 Å². The van der Waals surface area contributed by atoms with E-state index in [1.54, 1.807) is 6.20 Å². The van der Waals surface area contributed by atoms with Gasteiger partial charge in [-0.15, -0.1) is 0 Å². The Morgan fingerprint density at radius 3 is 2.73 bits per heavy atom. The molecule has 0 amide bonds. The standard InChI is InChI=1S/C29H37N3O5/c1-3-22(29(34)37-24-10-13-36-18-24)6-4-20-5-7-26-25(15-20)31-27(23-14-19(2)28(33)30-16-23)32(26)17-21-8-11-35-12-9-21/h5,7,14-16,21-22,24H,3-4,6,8-13,17-18H2,1-2H3,(H,30,33)/t22-,24?/m1/s1. The average Bonchev–Trinajstić information content (AvgIpc) is 3.54. The molecule has 0 aliphatic carbocycles. The summed E-state index contributed by atoms with van der Waals surface area (Å²) in [6.45, 7) is 7.48. The van der Waals surface area contributed by atoms with Crippen molar-refractivity contribution in [1.82, 2.24) is 14.5 Å². The summed E-state index contributed by atoms with van der Waals surface area (Å²) in [4.78, 5) is 32.5. The van der Waals surface area contributed by atoms with Crippen LogP contribution >= 0.6 is 0 Å². The van der Waals surface area contributed by atoms with E-state index < -0.39 is 0 Å². The highest BCUT2D eigenvalue weighted by molar-refractivity contribution is 5.81. The van der Waals surface area contributed by atoms with E-state index in [0.717, 1.165) is 86.3 Å². The van der Waals surface area contributed by atoms with Crippen LogP contribution in [0.4, 0.5) is 0 Å². The Morgan fingerprint density at radius 2 is 2.00 bits per heavy atom. The van der Waals surface area contributed by atoms with Gasteiger partial charge in [0.05, 0.1) is 30.2 Å². The zero-order valence-corrected chi connectivity index (χ0v) is 21.8. The Balaban J connectivity index is 1.38. The molecule has 2 fully saturated rings. The molecule has 37 heavy (non-hydrogen) atoms. The number of aromatic nitrogens is 3. The maximum absolute atomic E-state index is 12.7. The zero-order chi connectivity index (χ0) is 25.8. The van der Waals surface area contributed by atoms with Gasteiger partial charge < -0.3 is 23.8 Å². The summed E-state index contributed by atoms with van der Waals surface area (Å²) in [6.07, 6.45) is 6.77. The Kier molecular flexibility index (Phi) is 8.05. The minimum atomic E-state index is -0.123. The van der Waals surface area contributed by atoms with E-state index >= 15 is 0 Å². The maximum atomic E-state index is 12.7. The molecule has 2 atom stereocenters. The number of hydrogen-bond acceptors (Lipinski definition) is 6. The third-order valence-corrected chi connectivity index (χ3v) is 7.72. The number of fused-ring (bicyclic) bond motifs is 1. The number of rotatable bonds is 9. The van der Waals surface area contributed by atoms with Gasteiger partial charge in [0.25, 0.3) is 5.56 Å². The summed E-state index contributed by atoms with van der Waals surface area (Å²) in [5.74, 6) is 1.15. The molecule has 8 heteroatoms. The second-order valence-electron chi connectivity index (χ2n) is 10.4. The average molecular weight is 508 g/mol. The fourth-order valence-electron chi connectivity index (χ4n) is 5.35. The second-order valence-corrected chi connectivity index (χ2v) is 10.4. The second kappa shape index (κ2) is 11.6. The topological polar surface area (TPSA) is 95.4 Å². The summed E-state index contributed by atoms with van der Waals surface area (Å²) in [7, 11) is 0. The maximum Gasteiger partial charge on any atom is 0.309 e. The SMILES string of the molecule is CC[C@H](CCc1ccc2c(c1)nc(-c1c[nH]c(=O)c(C)c1)n2CC1CCOCC1)C(=O)OC1CCOC1. The van der Waals surface area contributed by atoms with Crippen molar-refractivity contribution in [3.05, 3.63) is 51.9 Å². The first-order valence-electron chi connectivity index (χ1n) is 13.6. The molecule has 0 radical (unpaired) electrons. The molecule has 2 aliphatic heterocycles. The molecule has 2 aliphatic rings. The molecule has 5 rings (SSSR count). The molecule has 1 unspecified atom stereocenters. The van der Waals surface area contributed by atoms with Crippen LogP contribution in [0, 0.1) is 18.8 Å². The third kappa shape index (κ3) is 5.96. The Morgan fingerprint density at radius 1 is 1.19 bits per heavy atom. The highest BCUT2D eigenvalue weighted by Gasteiger charge is 2.25. The monoisotopic (exact) mass is 507 g/mol. The number of imidazole rings is 1. The molecule has 4 heterocycles. The van der Waals surface area contributed by atoms with Crippen molar-refractivity contribution in [1.29, 1.82) is 0 Å². The molecule has 0 bridgehead atoms. The van der Waals surface area contributed by atoms with Gasteiger partial charge >= 0.3 is 5.97 Å². The summed E-state index contributed by atoms with van der Waals surface area (Å²) in [5.41, 5.74) is 4.67. The molecule has 2 saturated heterocycles. The van der Waals surface area contributed by atoms with E-state index in [2.05, 4.69) is 27.8 Å². The predicted octanol–water partition coefficient (Wildman–Crippen LogP) is 4.42. The number of H-pyrrole nitrogens is 1. The Labute approximate surface area is 217 Å². The van der Waals surface area contributed by atoms with E-state index in [9.17, 15) is 9.59 Å². The van der Waals surface area contributed by atoms with Crippen molar-refractivity contribution >= 4 is 17.0 Å². The lowest BCUT2D eigenvalue weighted by Crippen LogP contribution is -2.24. The lowest BCUT2D eigenvalue weighted by Gasteiger charge is -2.23. The van der Waals surface area contributed by atoms with E-state index in [4.69, 9.17) is 19.2 Å². The summed E-state index contributed by atoms with van der Waals surface area (Å²) >= 11 is 0. The molecule has 3 aromatic rings. The molecule has 1 N–H and O–H groups in total. The van der Waals surface area contributed by atoms with Crippen LogP contribution in [-0.2, 0) is 32.0 Å². The number of esters is 1. The van der Waals surface area contributed by atoms with Crippen molar-refractivity contribution in [2.75, 3.05) is 26.4 Å². The van der Waals surface area contributed by atoms with Crippen LogP contribution in [0.5, 0.6) is 0 Å². The van der Waals surface area contributed by atoms with Crippen LogP contribution in [0.15, 0.2) is 35.3 Å². The van der Waals surface area contributed by atoms with E-state index in [1.165, 1.54) is 0 Å². The summed E-state index contributed by atoms with van der Waals surface area (Å²) < 4.78 is 18.9. The fourth-order valence-corrected chi connectivity index (χ4v) is 5.35. The first-order valence-corrected chi connectivity index (χ1v) is 13.6. The lowest BCUT2D eigenvalue weighted by atomic mass is 9.97. The van der Waals surface area contributed by atoms with Crippen molar-refractivity contribution in [3.63, 3.8) is 0 Å². The van der Waals surface area contributed by atoms with Gasteiger partial charge in [-0.1, -0.05) is 13.0 Å². The fraction of sp³-hybridized carbons (Fsp3) is 0.552. The van der Waals surface area contributed by atoms with Crippen LogP contribution in [-0.4, -0.2) is 53.0 Å². The van der Waals surface area contributed by atoms with E-state index in [0.29, 0.717) is 24.7 Å². The Hall–Kier alpha value is -2.97. The number of benzene rings is 1. The smallest absolute Gasteiger partial charge is 0.309 e. The minimum Gasteiger partial charge on any atom is -0.460 e. The van der Waals surface area contributed by atoms with Gasteiger partial charge in [-0.25, -0.2) is 4.98 Å². The number of carbonyl (C=O) groups is 1. The number of ether oxygens (including phenoxy) is 3. The van der Waals surface area contributed by atoms with Crippen LogP contribution in [0.1, 0.15) is 50.2 Å². The van der Waals surface area contributed by atoms with Crippen molar-refractivity contribution in [2.45, 2.75) is 65.0 Å². The highest BCUT2D eigenvalue weighted by atomic mass is 16.6. The number of aromatic amines is 1. The van der Waals surface area contributed by atoms with Crippen LogP contribution in [0.3, 0.4) is 0 Å². The molecular formula is C29H37N3O5. The molecule has 2 aromatic heterocycles. The predicted molar refractivity (Wildman–Crippen MR) is 141 cm³/mol. The van der Waals surface area contributed by atoms with Gasteiger partial charge in [0.15, 0.2) is 0 Å². The minimum absolute atomic E-state index is 0.0809. The molecule has 8 nitrogen and oxygen atoms in total. The number of aryl methyl sites for hydroxylation is 2. The van der Waals surface area contributed by atoms with Crippen molar-refractivity contribution < 1.29 is 19.0 Å². The number of nitrogens with zero attached hydrogens (tertiary/aromatic N) is 2. The van der Waals surface area contributed by atoms with Crippen molar-refractivity contribution in [2.24, 2.45) is 11.8 Å². The van der Waals surface area contributed by atoms with E-state index in [1.807, 2.05) is 19.9 Å². The van der Waals surface area contributed by atoms with Gasteiger partial charge in [0, 0.05) is 43.5 Å². The molecule has 198 valence electrons. The molecule has 0 saturated carbocycles. The molecule has 1 aromatic carbocycles. The number of pyridine rings is 1. The number of carbonyl (C=O) groups excluding carboxylic acids is 1. The summed E-state index contributed by atoms with van der Waals surface area (Å²) in [5, 5.41) is 0. The summed E-state index contributed by atoms with van der Waals surface area (Å²) in [6, 6.07) is 8.35. The molecular weight excluding hydrogens is 470 g/mol. The third-order valence-electron chi connectivity index (χ3n) is 7.72. The zero-order valence-electron chi connectivity index (χ0n) is 21.8. The molecule has 0 spiro atoms. The quantitative estimate of drug-likeness (QED) is 0.431. The normalized spacial score (nSPS) is 19.4. The van der Waals surface area contributed by atoms with Crippen LogP contribution in [0.2, 0.25) is 0 Å².